The van der Waals surface area contributed by atoms with E-state index >= 15 is 0 Å². The van der Waals surface area contributed by atoms with Crippen LogP contribution in [0.5, 0.6) is 0 Å². The number of nitrogens with zero attached hydrogens (tertiary/aromatic N) is 1. The van der Waals surface area contributed by atoms with Crippen LogP contribution in [0.2, 0.25) is 0 Å². The summed E-state index contributed by atoms with van der Waals surface area (Å²) in [5, 5.41) is 8.71. The molecule has 5 nitrogen and oxygen atoms in total. The summed E-state index contributed by atoms with van der Waals surface area (Å²) in [5.74, 6) is -0.313. The maximum atomic E-state index is 12.5. The maximum Gasteiger partial charge on any atom is 0.303 e. The third-order valence-corrected chi connectivity index (χ3v) is 4.27. The van der Waals surface area contributed by atoms with E-state index < -0.39 is 5.97 Å². The van der Waals surface area contributed by atoms with Gasteiger partial charge in [-0.2, -0.15) is 0 Å². The minimum absolute atomic E-state index is 0.0245. The van der Waals surface area contributed by atoms with Crippen LogP contribution in [0, 0.1) is 12.8 Å². The molecule has 0 spiro atoms. The number of anilines is 1. The molecule has 0 aromatic heterocycles. The molecule has 3 N–H and O–H groups in total. The van der Waals surface area contributed by atoms with Crippen LogP contribution in [0.25, 0.3) is 0 Å². The van der Waals surface area contributed by atoms with Gasteiger partial charge in [0.15, 0.2) is 0 Å². The van der Waals surface area contributed by atoms with Crippen molar-refractivity contribution in [2.45, 2.75) is 32.6 Å². The van der Waals surface area contributed by atoms with Gasteiger partial charge in [-0.15, -0.1) is 0 Å². The number of rotatable bonds is 4. The zero-order chi connectivity index (χ0) is 15.4. The molecule has 114 valence electrons. The van der Waals surface area contributed by atoms with Crippen molar-refractivity contribution < 1.29 is 14.7 Å². The molecule has 0 aliphatic carbocycles. The van der Waals surface area contributed by atoms with Gasteiger partial charge in [0.2, 0.25) is 0 Å². The van der Waals surface area contributed by atoms with Crippen LogP contribution in [0.1, 0.15) is 41.6 Å². The molecule has 1 heterocycles. The Balaban J connectivity index is 1.94. The van der Waals surface area contributed by atoms with Crippen LogP contribution >= 0.6 is 0 Å². The fraction of sp³-hybridized carbons (Fsp3) is 0.500. The number of aliphatic carboxylic acids is 1. The standard InChI is InChI=1S/C16H22N2O3/c1-11-13(3-2-4-14(11)17)16(21)18-9-7-12(8-10-18)5-6-15(19)20/h2-4,12H,5-10,17H2,1H3,(H,19,20). The average Bonchev–Trinajstić information content (AvgIpc) is 2.48. The van der Waals surface area contributed by atoms with Crippen LogP contribution in [-0.2, 0) is 4.79 Å². The number of nitrogens with two attached hydrogens (primary N) is 1. The van der Waals surface area contributed by atoms with Gasteiger partial charge in [-0.3, -0.25) is 9.59 Å². The number of amides is 1. The normalized spacial score (nSPS) is 16.0. The Morgan fingerprint density at radius 2 is 2.00 bits per heavy atom. The van der Waals surface area contributed by atoms with E-state index in [1.54, 1.807) is 12.1 Å². The van der Waals surface area contributed by atoms with Crippen LogP contribution in [0.4, 0.5) is 5.69 Å². The van der Waals surface area contributed by atoms with Gasteiger partial charge in [0, 0.05) is 30.8 Å². The van der Waals surface area contributed by atoms with E-state index in [9.17, 15) is 9.59 Å². The minimum Gasteiger partial charge on any atom is -0.481 e. The Bertz CT molecular complexity index is 534. The van der Waals surface area contributed by atoms with Gasteiger partial charge in [0.1, 0.15) is 0 Å². The Morgan fingerprint density at radius 1 is 1.33 bits per heavy atom. The Morgan fingerprint density at radius 3 is 2.62 bits per heavy atom. The van der Waals surface area contributed by atoms with E-state index in [2.05, 4.69) is 0 Å². The highest BCUT2D eigenvalue weighted by molar-refractivity contribution is 5.96. The summed E-state index contributed by atoms with van der Waals surface area (Å²) >= 11 is 0. The van der Waals surface area contributed by atoms with E-state index in [1.165, 1.54) is 0 Å². The number of nitrogen functional groups attached to an aromatic ring is 1. The number of carboxylic acid groups (broad SMARTS) is 1. The number of carboxylic acids is 1. The molecule has 0 saturated carbocycles. The second-order valence-corrected chi connectivity index (χ2v) is 5.69. The van der Waals surface area contributed by atoms with Crippen molar-refractivity contribution in [3.8, 4) is 0 Å². The van der Waals surface area contributed by atoms with Crippen LogP contribution in [-0.4, -0.2) is 35.0 Å². The molecule has 1 aliphatic rings. The first-order valence-corrected chi connectivity index (χ1v) is 7.35. The summed E-state index contributed by atoms with van der Waals surface area (Å²) in [6.45, 7) is 3.25. The summed E-state index contributed by atoms with van der Waals surface area (Å²) in [6, 6.07) is 5.41. The second-order valence-electron chi connectivity index (χ2n) is 5.69. The van der Waals surface area contributed by atoms with Crippen molar-refractivity contribution in [3.63, 3.8) is 0 Å². The van der Waals surface area contributed by atoms with Crippen molar-refractivity contribution in [2.75, 3.05) is 18.8 Å². The first-order chi connectivity index (χ1) is 9.99. The van der Waals surface area contributed by atoms with Gasteiger partial charge in [-0.05, 0) is 49.8 Å². The topological polar surface area (TPSA) is 83.6 Å². The summed E-state index contributed by atoms with van der Waals surface area (Å²) in [4.78, 5) is 25.0. The predicted octanol–water partition coefficient (Wildman–Crippen LogP) is 2.29. The van der Waals surface area contributed by atoms with Gasteiger partial charge < -0.3 is 15.7 Å². The molecule has 1 amide bonds. The van der Waals surface area contributed by atoms with Crippen molar-refractivity contribution in [2.24, 2.45) is 5.92 Å². The van der Waals surface area contributed by atoms with E-state index in [0.717, 1.165) is 18.4 Å². The van der Waals surface area contributed by atoms with Crippen molar-refractivity contribution in [1.82, 2.24) is 4.90 Å². The molecule has 1 aliphatic heterocycles. The molecular formula is C16H22N2O3. The first-order valence-electron chi connectivity index (χ1n) is 7.35. The monoisotopic (exact) mass is 290 g/mol. The fourth-order valence-corrected chi connectivity index (χ4v) is 2.81. The van der Waals surface area contributed by atoms with E-state index in [-0.39, 0.29) is 12.3 Å². The molecule has 1 saturated heterocycles. The average molecular weight is 290 g/mol. The third kappa shape index (κ3) is 3.74. The summed E-state index contributed by atoms with van der Waals surface area (Å²) in [7, 11) is 0. The summed E-state index contributed by atoms with van der Waals surface area (Å²) in [5.41, 5.74) is 7.98. The smallest absolute Gasteiger partial charge is 0.303 e. The van der Waals surface area contributed by atoms with E-state index in [0.29, 0.717) is 36.7 Å². The molecule has 0 radical (unpaired) electrons. The number of piperidine rings is 1. The number of hydrogen-bond acceptors (Lipinski definition) is 3. The highest BCUT2D eigenvalue weighted by Gasteiger charge is 2.24. The molecule has 0 atom stereocenters. The van der Waals surface area contributed by atoms with Crippen molar-refractivity contribution in [1.29, 1.82) is 0 Å². The molecule has 1 aromatic carbocycles. The molecule has 0 bridgehead atoms. The SMILES string of the molecule is Cc1c(N)cccc1C(=O)N1CCC(CCC(=O)O)CC1. The highest BCUT2D eigenvalue weighted by atomic mass is 16.4. The predicted molar refractivity (Wildman–Crippen MR) is 81.1 cm³/mol. The maximum absolute atomic E-state index is 12.5. The number of benzene rings is 1. The summed E-state index contributed by atoms with van der Waals surface area (Å²) in [6.07, 6.45) is 2.67. The highest BCUT2D eigenvalue weighted by Crippen LogP contribution is 2.24. The number of likely N-dealkylation sites (tertiary alicyclic amines) is 1. The molecule has 0 unspecified atom stereocenters. The lowest BCUT2D eigenvalue weighted by Gasteiger charge is -2.32. The Hall–Kier alpha value is -2.04. The zero-order valence-corrected chi connectivity index (χ0v) is 12.3. The molecule has 1 aromatic rings. The van der Waals surface area contributed by atoms with Gasteiger partial charge in [-0.1, -0.05) is 6.07 Å². The zero-order valence-electron chi connectivity index (χ0n) is 12.3. The van der Waals surface area contributed by atoms with Crippen LogP contribution < -0.4 is 5.73 Å². The van der Waals surface area contributed by atoms with Crippen molar-refractivity contribution >= 4 is 17.6 Å². The van der Waals surface area contributed by atoms with Gasteiger partial charge in [-0.25, -0.2) is 0 Å². The van der Waals surface area contributed by atoms with Gasteiger partial charge >= 0.3 is 5.97 Å². The van der Waals surface area contributed by atoms with Crippen LogP contribution in [0.15, 0.2) is 18.2 Å². The largest absolute Gasteiger partial charge is 0.481 e. The fourth-order valence-electron chi connectivity index (χ4n) is 2.81. The van der Waals surface area contributed by atoms with Gasteiger partial charge in [0.05, 0.1) is 0 Å². The Labute approximate surface area is 124 Å². The molecular weight excluding hydrogens is 268 g/mol. The van der Waals surface area contributed by atoms with Crippen molar-refractivity contribution in [3.05, 3.63) is 29.3 Å². The Kier molecular flexibility index (Phi) is 4.83. The van der Waals surface area contributed by atoms with E-state index in [4.69, 9.17) is 10.8 Å². The molecule has 2 rings (SSSR count). The molecule has 21 heavy (non-hydrogen) atoms. The molecule has 5 heteroatoms. The van der Waals surface area contributed by atoms with Crippen LogP contribution in [0.3, 0.4) is 0 Å². The number of carbonyl (C=O) groups excluding carboxylic acids is 1. The number of carbonyl (C=O) groups is 2. The second kappa shape index (κ2) is 6.61. The minimum atomic E-state index is -0.746. The lowest BCUT2D eigenvalue weighted by molar-refractivity contribution is -0.137. The summed E-state index contributed by atoms with van der Waals surface area (Å²) < 4.78 is 0. The van der Waals surface area contributed by atoms with Gasteiger partial charge in [0.25, 0.3) is 5.91 Å². The third-order valence-electron chi connectivity index (χ3n) is 4.27. The van der Waals surface area contributed by atoms with E-state index in [1.807, 2.05) is 17.9 Å². The number of hydrogen-bond donors (Lipinski definition) is 2. The lowest BCUT2D eigenvalue weighted by atomic mass is 9.91. The lowest BCUT2D eigenvalue weighted by Crippen LogP contribution is -2.38. The molecule has 1 fully saturated rings. The quantitative estimate of drug-likeness (QED) is 0.833. The first kappa shape index (κ1) is 15.4.